The Morgan fingerprint density at radius 2 is 2.00 bits per heavy atom. The summed E-state index contributed by atoms with van der Waals surface area (Å²) >= 11 is 5.97. The third-order valence-electron chi connectivity index (χ3n) is 3.00. The van der Waals surface area contributed by atoms with Crippen molar-refractivity contribution in [1.82, 2.24) is 0 Å². The summed E-state index contributed by atoms with van der Waals surface area (Å²) in [6.45, 7) is 3.49. The molecule has 0 aliphatic carbocycles. The van der Waals surface area contributed by atoms with Crippen LogP contribution in [-0.4, -0.2) is 13.2 Å². The first kappa shape index (κ1) is 15.5. The van der Waals surface area contributed by atoms with Gasteiger partial charge in [0.05, 0.1) is 6.10 Å². The van der Waals surface area contributed by atoms with E-state index in [4.69, 9.17) is 22.1 Å². The standard InChI is InChI=1S/C15H24ClNO/c1-2-3-4-5-6-10-18-15(12-17)13-8-7-9-14(16)11-13/h7-9,11,15H,2-6,10,12,17H2,1H3. The van der Waals surface area contributed by atoms with Crippen molar-refractivity contribution >= 4 is 11.6 Å². The quantitative estimate of drug-likeness (QED) is 0.678. The molecule has 0 saturated carbocycles. The molecule has 1 aromatic rings. The van der Waals surface area contributed by atoms with Crippen LogP contribution in [0.4, 0.5) is 0 Å². The van der Waals surface area contributed by atoms with E-state index in [-0.39, 0.29) is 6.10 Å². The average Bonchev–Trinajstić information content (AvgIpc) is 2.38. The Labute approximate surface area is 115 Å². The maximum Gasteiger partial charge on any atom is 0.0947 e. The number of rotatable bonds is 9. The number of hydrogen-bond acceptors (Lipinski definition) is 2. The molecular weight excluding hydrogens is 246 g/mol. The molecule has 1 rings (SSSR count). The van der Waals surface area contributed by atoms with Crippen LogP contribution in [-0.2, 0) is 4.74 Å². The van der Waals surface area contributed by atoms with Crippen LogP contribution >= 0.6 is 11.6 Å². The van der Waals surface area contributed by atoms with E-state index in [0.29, 0.717) is 6.54 Å². The lowest BCUT2D eigenvalue weighted by molar-refractivity contribution is 0.0558. The molecule has 2 N–H and O–H groups in total. The molecule has 3 heteroatoms. The van der Waals surface area contributed by atoms with Gasteiger partial charge in [-0.1, -0.05) is 56.3 Å². The molecule has 1 aromatic carbocycles. The van der Waals surface area contributed by atoms with Crippen molar-refractivity contribution in [2.45, 2.75) is 45.1 Å². The first-order valence-corrected chi connectivity index (χ1v) is 7.22. The van der Waals surface area contributed by atoms with Crippen LogP contribution in [0.15, 0.2) is 24.3 Å². The smallest absolute Gasteiger partial charge is 0.0947 e. The molecule has 18 heavy (non-hydrogen) atoms. The normalized spacial score (nSPS) is 12.6. The van der Waals surface area contributed by atoms with Gasteiger partial charge in [-0.05, 0) is 24.1 Å². The van der Waals surface area contributed by atoms with E-state index in [1.165, 1.54) is 25.7 Å². The summed E-state index contributed by atoms with van der Waals surface area (Å²) in [6.07, 6.45) is 6.20. The molecule has 1 unspecified atom stereocenters. The van der Waals surface area contributed by atoms with Gasteiger partial charge < -0.3 is 10.5 Å². The Morgan fingerprint density at radius 3 is 2.67 bits per heavy atom. The first-order valence-electron chi connectivity index (χ1n) is 6.85. The molecule has 2 nitrogen and oxygen atoms in total. The van der Waals surface area contributed by atoms with E-state index >= 15 is 0 Å². The van der Waals surface area contributed by atoms with Crippen molar-refractivity contribution in [2.24, 2.45) is 5.73 Å². The molecule has 0 aliphatic heterocycles. The minimum Gasteiger partial charge on any atom is -0.372 e. The Hall–Kier alpha value is -0.570. The highest BCUT2D eigenvalue weighted by atomic mass is 35.5. The number of halogens is 1. The number of nitrogens with two attached hydrogens (primary N) is 1. The summed E-state index contributed by atoms with van der Waals surface area (Å²) in [6, 6.07) is 7.74. The highest BCUT2D eigenvalue weighted by Crippen LogP contribution is 2.20. The van der Waals surface area contributed by atoms with E-state index < -0.39 is 0 Å². The zero-order valence-electron chi connectivity index (χ0n) is 11.2. The SMILES string of the molecule is CCCCCCCOC(CN)c1cccc(Cl)c1. The fraction of sp³-hybridized carbons (Fsp3) is 0.600. The van der Waals surface area contributed by atoms with Gasteiger partial charge in [-0.15, -0.1) is 0 Å². The molecule has 0 aliphatic rings. The minimum absolute atomic E-state index is 0.0325. The Morgan fingerprint density at radius 1 is 1.22 bits per heavy atom. The van der Waals surface area contributed by atoms with Crippen molar-refractivity contribution in [1.29, 1.82) is 0 Å². The van der Waals surface area contributed by atoms with E-state index in [0.717, 1.165) is 23.6 Å². The molecule has 1 atom stereocenters. The fourth-order valence-electron chi connectivity index (χ4n) is 1.94. The molecular formula is C15H24ClNO. The Bertz CT molecular complexity index is 330. The predicted molar refractivity (Wildman–Crippen MR) is 78.0 cm³/mol. The topological polar surface area (TPSA) is 35.2 Å². The van der Waals surface area contributed by atoms with Crippen LogP contribution in [0.25, 0.3) is 0 Å². The summed E-state index contributed by atoms with van der Waals surface area (Å²) < 4.78 is 5.83. The van der Waals surface area contributed by atoms with Crippen molar-refractivity contribution < 1.29 is 4.74 Å². The molecule has 0 heterocycles. The lowest BCUT2D eigenvalue weighted by Crippen LogP contribution is -2.16. The second-order valence-corrected chi connectivity index (χ2v) is 5.00. The first-order chi connectivity index (χ1) is 8.77. The highest BCUT2D eigenvalue weighted by Gasteiger charge is 2.09. The third kappa shape index (κ3) is 5.85. The molecule has 102 valence electrons. The van der Waals surface area contributed by atoms with Crippen LogP contribution in [0.2, 0.25) is 5.02 Å². The maximum absolute atomic E-state index is 5.97. The van der Waals surface area contributed by atoms with E-state index in [1.807, 2.05) is 24.3 Å². The Kier molecular flexibility index (Phi) is 8.06. The zero-order valence-corrected chi connectivity index (χ0v) is 12.0. The number of benzene rings is 1. The van der Waals surface area contributed by atoms with Gasteiger partial charge in [0, 0.05) is 18.2 Å². The lowest BCUT2D eigenvalue weighted by atomic mass is 10.1. The van der Waals surface area contributed by atoms with Crippen LogP contribution in [0.3, 0.4) is 0 Å². The summed E-state index contributed by atoms with van der Waals surface area (Å²) in [5.41, 5.74) is 6.82. The molecule has 0 fully saturated rings. The Balaban J connectivity index is 2.29. The number of unbranched alkanes of at least 4 members (excludes halogenated alkanes) is 4. The van der Waals surface area contributed by atoms with Gasteiger partial charge in [0.25, 0.3) is 0 Å². The predicted octanol–water partition coefficient (Wildman–Crippen LogP) is 4.33. The van der Waals surface area contributed by atoms with Crippen LogP contribution < -0.4 is 5.73 Å². The summed E-state index contributed by atoms with van der Waals surface area (Å²) in [4.78, 5) is 0. The molecule has 0 aromatic heterocycles. The number of hydrogen-bond donors (Lipinski definition) is 1. The monoisotopic (exact) mass is 269 g/mol. The van der Waals surface area contributed by atoms with Gasteiger partial charge in [0.2, 0.25) is 0 Å². The second kappa shape index (κ2) is 9.37. The molecule has 0 saturated heterocycles. The van der Waals surface area contributed by atoms with Gasteiger partial charge in [0.15, 0.2) is 0 Å². The van der Waals surface area contributed by atoms with Gasteiger partial charge in [-0.2, -0.15) is 0 Å². The maximum atomic E-state index is 5.97. The van der Waals surface area contributed by atoms with Crippen molar-refractivity contribution in [2.75, 3.05) is 13.2 Å². The van der Waals surface area contributed by atoms with Gasteiger partial charge in [-0.25, -0.2) is 0 Å². The van der Waals surface area contributed by atoms with Crippen molar-refractivity contribution in [3.8, 4) is 0 Å². The van der Waals surface area contributed by atoms with Gasteiger partial charge in [-0.3, -0.25) is 0 Å². The summed E-state index contributed by atoms with van der Waals surface area (Å²) in [5.74, 6) is 0. The minimum atomic E-state index is -0.0325. The van der Waals surface area contributed by atoms with Crippen LogP contribution in [0.5, 0.6) is 0 Å². The van der Waals surface area contributed by atoms with E-state index in [9.17, 15) is 0 Å². The molecule has 0 amide bonds. The molecule has 0 radical (unpaired) electrons. The van der Waals surface area contributed by atoms with E-state index in [1.54, 1.807) is 0 Å². The highest BCUT2D eigenvalue weighted by molar-refractivity contribution is 6.30. The molecule has 0 spiro atoms. The van der Waals surface area contributed by atoms with Crippen molar-refractivity contribution in [3.63, 3.8) is 0 Å². The summed E-state index contributed by atoms with van der Waals surface area (Å²) in [7, 11) is 0. The lowest BCUT2D eigenvalue weighted by Gasteiger charge is -2.16. The van der Waals surface area contributed by atoms with E-state index in [2.05, 4.69) is 6.92 Å². The van der Waals surface area contributed by atoms with Gasteiger partial charge >= 0.3 is 0 Å². The zero-order chi connectivity index (χ0) is 13.2. The fourth-order valence-corrected chi connectivity index (χ4v) is 2.14. The molecule has 0 bridgehead atoms. The third-order valence-corrected chi connectivity index (χ3v) is 3.24. The van der Waals surface area contributed by atoms with Crippen LogP contribution in [0.1, 0.15) is 50.7 Å². The second-order valence-electron chi connectivity index (χ2n) is 4.56. The van der Waals surface area contributed by atoms with Gasteiger partial charge in [0.1, 0.15) is 0 Å². The average molecular weight is 270 g/mol. The summed E-state index contributed by atoms with van der Waals surface area (Å²) in [5, 5.41) is 0.734. The van der Waals surface area contributed by atoms with Crippen LogP contribution in [0, 0.1) is 0 Å². The largest absolute Gasteiger partial charge is 0.372 e. The number of ether oxygens (including phenoxy) is 1. The van der Waals surface area contributed by atoms with Crippen molar-refractivity contribution in [3.05, 3.63) is 34.9 Å².